The van der Waals surface area contributed by atoms with Gasteiger partial charge in [0.15, 0.2) is 0 Å². The summed E-state index contributed by atoms with van der Waals surface area (Å²) >= 11 is 0. The lowest BCUT2D eigenvalue weighted by atomic mass is 9.75. The van der Waals surface area contributed by atoms with Crippen molar-refractivity contribution in [2.24, 2.45) is 23.7 Å². The first-order valence-corrected chi connectivity index (χ1v) is 14.9. The number of hydrogen-bond donors (Lipinski definition) is 0. The molecule has 1 aromatic rings. The van der Waals surface area contributed by atoms with E-state index >= 15 is 0 Å². The van der Waals surface area contributed by atoms with Crippen LogP contribution < -0.4 is 0 Å². The average molecular weight is 437 g/mol. The zero-order valence-electron chi connectivity index (χ0n) is 20.9. The van der Waals surface area contributed by atoms with E-state index in [0.29, 0.717) is 28.5 Å². The standard InChI is InChI=1S/C29H44OSi/c1-8-30-20-27(18-24-12-10-9-11-13-24)29-26-15-14-25(19-26)28(29)16-17-31(21(2)3,22(4)5)23(6)7/h9-13,18,21-23,25-26,28-29H,8,14-15,19-20H2,1-7H3/b27-18+/t25-,26+,28?,29?/m1/s1. The van der Waals surface area contributed by atoms with E-state index in [4.69, 9.17) is 4.74 Å². The second-order valence-corrected chi connectivity index (χ2v) is 16.4. The Bertz CT molecular complexity index is 773. The monoisotopic (exact) mass is 436 g/mol. The van der Waals surface area contributed by atoms with Crippen molar-refractivity contribution in [1.29, 1.82) is 0 Å². The Morgan fingerprint density at radius 1 is 1.00 bits per heavy atom. The van der Waals surface area contributed by atoms with Crippen LogP contribution in [0.5, 0.6) is 0 Å². The van der Waals surface area contributed by atoms with Crippen molar-refractivity contribution in [3.63, 3.8) is 0 Å². The Balaban J connectivity index is 2.00. The van der Waals surface area contributed by atoms with Crippen molar-refractivity contribution in [1.82, 2.24) is 0 Å². The third-order valence-electron chi connectivity index (χ3n) is 8.29. The van der Waals surface area contributed by atoms with Crippen molar-refractivity contribution in [2.45, 2.75) is 84.4 Å². The highest BCUT2D eigenvalue weighted by Crippen LogP contribution is 2.55. The lowest BCUT2D eigenvalue weighted by molar-refractivity contribution is 0.154. The topological polar surface area (TPSA) is 9.23 Å². The SMILES string of the molecule is CCOC/C(=C\c1ccccc1)C1C(C#C[Si](C(C)C)(C(C)C)C(C)C)[C@@H]2CC[C@H]1C2. The lowest BCUT2D eigenvalue weighted by Crippen LogP contribution is -2.43. The molecule has 4 atom stereocenters. The maximum atomic E-state index is 5.99. The highest BCUT2D eigenvalue weighted by Gasteiger charge is 2.49. The van der Waals surface area contributed by atoms with Crippen molar-refractivity contribution < 1.29 is 4.74 Å². The van der Waals surface area contributed by atoms with Crippen LogP contribution in [0, 0.1) is 35.1 Å². The summed E-state index contributed by atoms with van der Waals surface area (Å²) in [6.45, 7) is 18.2. The van der Waals surface area contributed by atoms with Gasteiger partial charge < -0.3 is 4.74 Å². The molecular formula is C29H44OSi. The zero-order chi connectivity index (χ0) is 22.6. The van der Waals surface area contributed by atoms with E-state index in [2.05, 4.69) is 96.3 Å². The molecule has 0 amide bonds. The highest BCUT2D eigenvalue weighted by atomic mass is 28.3. The molecule has 2 bridgehead atoms. The number of rotatable bonds is 8. The van der Waals surface area contributed by atoms with Crippen LogP contribution in [0.2, 0.25) is 16.6 Å². The van der Waals surface area contributed by atoms with Gasteiger partial charge in [0.05, 0.1) is 6.61 Å². The molecule has 2 unspecified atom stereocenters. The van der Waals surface area contributed by atoms with Crippen LogP contribution in [-0.2, 0) is 4.74 Å². The second-order valence-electron chi connectivity index (χ2n) is 10.8. The van der Waals surface area contributed by atoms with E-state index in [9.17, 15) is 0 Å². The molecule has 3 rings (SSSR count). The maximum absolute atomic E-state index is 5.99. The summed E-state index contributed by atoms with van der Waals surface area (Å²) in [5.41, 5.74) is 8.94. The van der Waals surface area contributed by atoms with Gasteiger partial charge >= 0.3 is 0 Å². The van der Waals surface area contributed by atoms with Gasteiger partial charge in [0.1, 0.15) is 8.07 Å². The number of benzene rings is 1. The first-order valence-electron chi connectivity index (χ1n) is 12.7. The van der Waals surface area contributed by atoms with E-state index in [0.717, 1.165) is 25.0 Å². The fourth-order valence-corrected chi connectivity index (χ4v) is 12.2. The molecule has 1 nitrogen and oxygen atoms in total. The first-order chi connectivity index (χ1) is 14.8. The molecule has 0 heterocycles. The van der Waals surface area contributed by atoms with Crippen LogP contribution in [0.4, 0.5) is 0 Å². The molecule has 1 aromatic carbocycles. The highest BCUT2D eigenvalue weighted by molar-refractivity contribution is 6.90. The first kappa shape index (κ1) is 24.3. The third-order valence-corrected chi connectivity index (χ3v) is 14.6. The van der Waals surface area contributed by atoms with Crippen molar-refractivity contribution in [3.8, 4) is 11.5 Å². The van der Waals surface area contributed by atoms with Gasteiger partial charge in [-0.05, 0) is 71.7 Å². The van der Waals surface area contributed by atoms with Gasteiger partial charge in [-0.25, -0.2) is 0 Å². The Labute approximate surface area is 193 Å². The molecule has 2 aliphatic carbocycles. The van der Waals surface area contributed by atoms with E-state index in [1.807, 2.05) is 0 Å². The Morgan fingerprint density at radius 2 is 1.61 bits per heavy atom. The molecule has 31 heavy (non-hydrogen) atoms. The quantitative estimate of drug-likeness (QED) is 0.296. The normalized spacial score (nSPS) is 26.1. The van der Waals surface area contributed by atoms with Crippen LogP contribution in [0.1, 0.15) is 73.3 Å². The third kappa shape index (κ3) is 5.04. The Morgan fingerprint density at radius 3 is 2.19 bits per heavy atom. The maximum Gasteiger partial charge on any atom is 0.145 e. The molecule has 0 aromatic heterocycles. The van der Waals surface area contributed by atoms with Gasteiger partial charge in [-0.2, -0.15) is 0 Å². The summed E-state index contributed by atoms with van der Waals surface area (Å²) in [7, 11) is -1.70. The van der Waals surface area contributed by atoms with Gasteiger partial charge in [0, 0.05) is 12.5 Å². The largest absolute Gasteiger partial charge is 0.377 e. The van der Waals surface area contributed by atoms with E-state index in [1.165, 1.54) is 30.4 Å². The predicted molar refractivity (Wildman–Crippen MR) is 138 cm³/mol. The van der Waals surface area contributed by atoms with Crippen LogP contribution in [0.3, 0.4) is 0 Å². The summed E-state index contributed by atoms with van der Waals surface area (Å²) in [6, 6.07) is 10.8. The van der Waals surface area contributed by atoms with Gasteiger partial charge in [0.25, 0.3) is 0 Å². The molecule has 2 fully saturated rings. The van der Waals surface area contributed by atoms with Gasteiger partial charge in [-0.15, -0.1) is 11.5 Å². The summed E-state index contributed by atoms with van der Waals surface area (Å²) in [5.74, 6) is 6.65. The minimum Gasteiger partial charge on any atom is -0.377 e. The molecule has 2 saturated carbocycles. The summed E-state index contributed by atoms with van der Waals surface area (Å²) in [6.07, 6.45) is 6.51. The summed E-state index contributed by atoms with van der Waals surface area (Å²) < 4.78 is 5.99. The fraction of sp³-hybridized carbons (Fsp3) is 0.655. The zero-order valence-corrected chi connectivity index (χ0v) is 21.9. The van der Waals surface area contributed by atoms with Crippen molar-refractivity contribution in [2.75, 3.05) is 13.2 Å². The van der Waals surface area contributed by atoms with Crippen LogP contribution >= 0.6 is 0 Å². The summed E-state index contributed by atoms with van der Waals surface area (Å²) in [5, 5.41) is 0. The number of fused-ring (bicyclic) bond motifs is 2. The molecular weight excluding hydrogens is 392 g/mol. The predicted octanol–water partition coefficient (Wildman–Crippen LogP) is 7.99. The molecule has 0 saturated heterocycles. The molecule has 170 valence electrons. The number of hydrogen-bond acceptors (Lipinski definition) is 1. The minimum absolute atomic E-state index is 0.511. The molecule has 0 radical (unpaired) electrons. The van der Waals surface area contributed by atoms with Crippen LogP contribution in [0.15, 0.2) is 35.9 Å². The molecule has 0 N–H and O–H groups in total. The lowest BCUT2D eigenvalue weighted by Gasteiger charge is -2.38. The van der Waals surface area contributed by atoms with Crippen molar-refractivity contribution in [3.05, 3.63) is 41.5 Å². The molecule has 2 aliphatic rings. The van der Waals surface area contributed by atoms with Crippen LogP contribution in [-0.4, -0.2) is 21.3 Å². The number of ether oxygens (including phenoxy) is 1. The van der Waals surface area contributed by atoms with Gasteiger partial charge in [-0.3, -0.25) is 0 Å². The minimum atomic E-state index is -1.70. The van der Waals surface area contributed by atoms with E-state index in [1.54, 1.807) is 0 Å². The fourth-order valence-electron chi connectivity index (χ4n) is 6.89. The van der Waals surface area contributed by atoms with Gasteiger partial charge in [-0.1, -0.05) is 78.0 Å². The second kappa shape index (κ2) is 10.5. The van der Waals surface area contributed by atoms with Crippen molar-refractivity contribution >= 4 is 14.1 Å². The van der Waals surface area contributed by atoms with Crippen LogP contribution in [0.25, 0.3) is 6.08 Å². The molecule has 2 heteroatoms. The smallest absolute Gasteiger partial charge is 0.145 e. The molecule has 0 aliphatic heterocycles. The Hall–Kier alpha value is -1.30. The summed E-state index contributed by atoms with van der Waals surface area (Å²) in [4.78, 5) is 0. The molecule has 0 spiro atoms. The van der Waals surface area contributed by atoms with E-state index in [-0.39, 0.29) is 0 Å². The van der Waals surface area contributed by atoms with Gasteiger partial charge in [0.2, 0.25) is 0 Å². The van der Waals surface area contributed by atoms with E-state index < -0.39 is 8.07 Å². The average Bonchev–Trinajstić information content (AvgIpc) is 3.33. The Kier molecular flexibility index (Phi) is 8.28.